The molecular formula is C22H25N3O2. The van der Waals surface area contributed by atoms with Crippen LogP contribution >= 0.6 is 0 Å². The number of nitrogens with zero attached hydrogens (tertiary/aromatic N) is 3. The third-order valence-corrected chi connectivity index (χ3v) is 6.75. The van der Waals surface area contributed by atoms with Crippen molar-refractivity contribution in [2.45, 2.75) is 38.6 Å². The minimum atomic E-state index is -0.0982. The monoisotopic (exact) mass is 363 g/mol. The molecule has 2 aromatic rings. The molecule has 5 nitrogen and oxygen atoms in total. The summed E-state index contributed by atoms with van der Waals surface area (Å²) in [5, 5.41) is 1.05. The second-order valence-electron chi connectivity index (χ2n) is 8.63. The molecule has 5 rings (SSSR count). The summed E-state index contributed by atoms with van der Waals surface area (Å²) in [7, 11) is 0. The average molecular weight is 363 g/mol. The SMILES string of the molecule is CC1(C(=O)N2CC[C@@H]3[C@@H](CCN3C(=O)c3ccc4cccnc4c3)C2)CC1. The highest BCUT2D eigenvalue weighted by Gasteiger charge is 2.49. The Kier molecular flexibility index (Phi) is 3.74. The Morgan fingerprint density at radius 1 is 1.15 bits per heavy atom. The van der Waals surface area contributed by atoms with Gasteiger partial charge in [0.2, 0.25) is 5.91 Å². The van der Waals surface area contributed by atoms with Crippen molar-refractivity contribution in [3.63, 3.8) is 0 Å². The van der Waals surface area contributed by atoms with Gasteiger partial charge in [-0.1, -0.05) is 19.1 Å². The molecule has 3 aliphatic rings. The number of rotatable bonds is 2. The van der Waals surface area contributed by atoms with Gasteiger partial charge in [-0.3, -0.25) is 14.6 Å². The molecule has 0 bridgehead atoms. The Morgan fingerprint density at radius 2 is 2.00 bits per heavy atom. The maximum atomic E-state index is 13.1. The van der Waals surface area contributed by atoms with Crippen molar-refractivity contribution in [2.24, 2.45) is 11.3 Å². The van der Waals surface area contributed by atoms with Gasteiger partial charge in [0.1, 0.15) is 0 Å². The molecule has 0 radical (unpaired) electrons. The molecule has 1 aromatic heterocycles. The van der Waals surface area contributed by atoms with Crippen LogP contribution in [0.1, 0.15) is 43.0 Å². The quantitative estimate of drug-likeness (QED) is 0.824. The molecular weight excluding hydrogens is 338 g/mol. The highest BCUT2D eigenvalue weighted by atomic mass is 16.2. The van der Waals surface area contributed by atoms with E-state index in [-0.39, 0.29) is 17.4 Å². The normalized spacial score (nSPS) is 26.1. The lowest BCUT2D eigenvalue weighted by Gasteiger charge is -2.39. The highest BCUT2D eigenvalue weighted by molar-refractivity contribution is 5.98. The van der Waals surface area contributed by atoms with E-state index in [2.05, 4.69) is 16.8 Å². The van der Waals surface area contributed by atoms with E-state index in [0.29, 0.717) is 17.4 Å². The molecule has 1 aromatic carbocycles. The Labute approximate surface area is 159 Å². The molecule has 0 N–H and O–H groups in total. The molecule has 27 heavy (non-hydrogen) atoms. The number of carbonyl (C=O) groups is 2. The van der Waals surface area contributed by atoms with E-state index in [1.807, 2.05) is 35.2 Å². The van der Waals surface area contributed by atoms with Crippen LogP contribution in [0.4, 0.5) is 0 Å². The molecule has 3 fully saturated rings. The topological polar surface area (TPSA) is 53.5 Å². The van der Waals surface area contributed by atoms with Crippen LogP contribution in [0.3, 0.4) is 0 Å². The summed E-state index contributed by atoms with van der Waals surface area (Å²) in [4.78, 5) is 34.3. The van der Waals surface area contributed by atoms with E-state index in [4.69, 9.17) is 0 Å². The van der Waals surface area contributed by atoms with Crippen LogP contribution in [0.2, 0.25) is 0 Å². The standard InChI is InChI=1S/C22H25N3O2/c1-22(8-9-22)21(27)24-11-7-19-17(14-24)6-12-25(19)20(26)16-5-4-15-3-2-10-23-18(15)13-16/h2-5,10,13,17,19H,6-9,11-12,14H2,1H3/t17-,19+/m0/s1. The number of benzene rings is 1. The fourth-order valence-electron chi connectivity index (χ4n) is 4.77. The number of hydrogen-bond donors (Lipinski definition) is 0. The molecule has 0 unspecified atom stereocenters. The second-order valence-corrected chi connectivity index (χ2v) is 8.63. The van der Waals surface area contributed by atoms with E-state index < -0.39 is 0 Å². The van der Waals surface area contributed by atoms with Crippen molar-refractivity contribution < 1.29 is 9.59 Å². The van der Waals surface area contributed by atoms with Crippen LogP contribution in [0.15, 0.2) is 36.5 Å². The van der Waals surface area contributed by atoms with Crippen LogP contribution < -0.4 is 0 Å². The van der Waals surface area contributed by atoms with Crippen LogP contribution in [0.5, 0.6) is 0 Å². The van der Waals surface area contributed by atoms with Gasteiger partial charge in [-0.2, -0.15) is 0 Å². The largest absolute Gasteiger partial charge is 0.342 e. The zero-order valence-electron chi connectivity index (χ0n) is 15.7. The lowest BCUT2D eigenvalue weighted by atomic mass is 9.91. The first-order chi connectivity index (χ1) is 13.0. The second kappa shape index (κ2) is 6.04. The summed E-state index contributed by atoms with van der Waals surface area (Å²) in [5.74, 6) is 0.836. The number of carbonyl (C=O) groups excluding carboxylic acids is 2. The fraction of sp³-hybridized carbons (Fsp3) is 0.500. The lowest BCUT2D eigenvalue weighted by Crippen LogP contribution is -2.50. The van der Waals surface area contributed by atoms with Gasteiger partial charge in [0.25, 0.3) is 5.91 Å². The van der Waals surface area contributed by atoms with Gasteiger partial charge in [0.15, 0.2) is 0 Å². The van der Waals surface area contributed by atoms with Gasteiger partial charge in [-0.15, -0.1) is 0 Å². The highest BCUT2D eigenvalue weighted by Crippen LogP contribution is 2.47. The Bertz CT molecular complexity index is 921. The number of piperidine rings is 1. The minimum Gasteiger partial charge on any atom is -0.342 e. The molecule has 1 saturated carbocycles. The average Bonchev–Trinajstić information content (AvgIpc) is 3.32. The number of hydrogen-bond acceptors (Lipinski definition) is 3. The van der Waals surface area contributed by atoms with Gasteiger partial charge in [0, 0.05) is 48.2 Å². The fourth-order valence-corrected chi connectivity index (χ4v) is 4.77. The van der Waals surface area contributed by atoms with Gasteiger partial charge < -0.3 is 9.80 Å². The smallest absolute Gasteiger partial charge is 0.254 e. The van der Waals surface area contributed by atoms with Crippen molar-refractivity contribution in [1.29, 1.82) is 0 Å². The molecule has 2 amide bonds. The molecule has 2 saturated heterocycles. The predicted octanol–water partition coefficient (Wildman–Crippen LogP) is 3.10. The molecule has 0 spiro atoms. The zero-order chi connectivity index (χ0) is 18.6. The minimum absolute atomic E-state index is 0.0982. The van der Waals surface area contributed by atoms with E-state index in [1.165, 1.54) is 0 Å². The van der Waals surface area contributed by atoms with Gasteiger partial charge >= 0.3 is 0 Å². The molecule has 3 heterocycles. The molecule has 2 atom stereocenters. The number of likely N-dealkylation sites (tertiary alicyclic amines) is 2. The van der Waals surface area contributed by atoms with Crippen molar-refractivity contribution in [3.05, 3.63) is 42.1 Å². The molecule has 5 heteroatoms. The summed E-state index contributed by atoms with van der Waals surface area (Å²) in [6, 6.07) is 9.96. The number of fused-ring (bicyclic) bond motifs is 2. The van der Waals surface area contributed by atoms with Crippen LogP contribution in [-0.2, 0) is 4.79 Å². The summed E-state index contributed by atoms with van der Waals surface area (Å²) in [5.41, 5.74) is 1.47. The van der Waals surface area contributed by atoms with Crippen molar-refractivity contribution in [1.82, 2.24) is 14.8 Å². The van der Waals surface area contributed by atoms with Crippen LogP contribution in [0, 0.1) is 11.3 Å². The number of aromatic nitrogens is 1. The predicted molar refractivity (Wildman–Crippen MR) is 103 cm³/mol. The summed E-state index contributed by atoms with van der Waals surface area (Å²) < 4.78 is 0. The third kappa shape index (κ3) is 2.80. The van der Waals surface area contributed by atoms with Crippen molar-refractivity contribution in [3.8, 4) is 0 Å². The van der Waals surface area contributed by atoms with Crippen molar-refractivity contribution in [2.75, 3.05) is 19.6 Å². The first kappa shape index (κ1) is 16.7. The Balaban J connectivity index is 1.32. The maximum absolute atomic E-state index is 13.1. The van der Waals surface area contributed by atoms with Crippen LogP contribution in [-0.4, -0.2) is 52.3 Å². The third-order valence-electron chi connectivity index (χ3n) is 6.75. The van der Waals surface area contributed by atoms with E-state index in [1.54, 1.807) is 6.20 Å². The summed E-state index contributed by atoms with van der Waals surface area (Å²) in [6.07, 6.45) is 5.69. The van der Waals surface area contributed by atoms with Gasteiger partial charge in [-0.05, 0) is 49.8 Å². The lowest BCUT2D eigenvalue weighted by molar-refractivity contribution is -0.138. The molecule has 1 aliphatic carbocycles. The Morgan fingerprint density at radius 3 is 2.81 bits per heavy atom. The first-order valence-electron chi connectivity index (χ1n) is 10.0. The summed E-state index contributed by atoms with van der Waals surface area (Å²) >= 11 is 0. The van der Waals surface area contributed by atoms with E-state index >= 15 is 0 Å². The van der Waals surface area contributed by atoms with Gasteiger partial charge in [-0.25, -0.2) is 0 Å². The molecule has 2 aliphatic heterocycles. The molecule has 140 valence electrons. The first-order valence-corrected chi connectivity index (χ1v) is 10.0. The van der Waals surface area contributed by atoms with Crippen LogP contribution in [0.25, 0.3) is 10.9 Å². The number of amides is 2. The van der Waals surface area contributed by atoms with E-state index in [0.717, 1.165) is 56.2 Å². The maximum Gasteiger partial charge on any atom is 0.254 e. The van der Waals surface area contributed by atoms with E-state index in [9.17, 15) is 9.59 Å². The van der Waals surface area contributed by atoms with Crippen molar-refractivity contribution >= 4 is 22.7 Å². The van der Waals surface area contributed by atoms with Gasteiger partial charge in [0.05, 0.1) is 5.52 Å². The summed E-state index contributed by atoms with van der Waals surface area (Å²) in [6.45, 7) is 4.45. The Hall–Kier alpha value is -2.43. The number of pyridine rings is 1. The zero-order valence-corrected chi connectivity index (χ0v) is 15.7.